The number of para-hydroxylation sites is 1. The molecule has 2 aromatic carbocycles. The van der Waals surface area contributed by atoms with Gasteiger partial charge in [-0.2, -0.15) is 0 Å². The van der Waals surface area contributed by atoms with Crippen molar-refractivity contribution >= 4 is 57.1 Å². The van der Waals surface area contributed by atoms with Crippen LogP contribution in [-0.2, 0) is 9.59 Å². The van der Waals surface area contributed by atoms with E-state index in [1.54, 1.807) is 11.9 Å². The predicted octanol–water partition coefficient (Wildman–Crippen LogP) is 3.75. The zero-order valence-electron chi connectivity index (χ0n) is 13.6. The third-order valence-electron chi connectivity index (χ3n) is 4.31. The third-order valence-corrected chi connectivity index (χ3v) is 5.68. The van der Waals surface area contributed by atoms with Gasteiger partial charge in [0.1, 0.15) is 0 Å². The van der Waals surface area contributed by atoms with E-state index < -0.39 is 0 Å². The molecular formula is C19H14N2O2S2. The molecule has 2 heterocycles. The molecule has 0 radical (unpaired) electrons. The summed E-state index contributed by atoms with van der Waals surface area (Å²) in [5.41, 5.74) is 3.79. The molecule has 4 rings (SSSR count). The first-order valence-corrected chi connectivity index (χ1v) is 8.96. The number of aryl methyl sites for hydroxylation is 1. The minimum atomic E-state index is -0.242. The van der Waals surface area contributed by atoms with Gasteiger partial charge in [-0.15, -0.1) is 0 Å². The van der Waals surface area contributed by atoms with Gasteiger partial charge in [0.15, 0.2) is 4.32 Å². The summed E-state index contributed by atoms with van der Waals surface area (Å²) in [4.78, 5) is 29.3. The fourth-order valence-electron chi connectivity index (χ4n) is 3.10. The maximum atomic E-state index is 13.1. The van der Waals surface area contributed by atoms with Crippen molar-refractivity contribution in [2.24, 2.45) is 0 Å². The number of likely N-dealkylation sites (N-methyl/N-ethyl adjacent to an activating group) is 1. The van der Waals surface area contributed by atoms with Crippen LogP contribution in [0.15, 0.2) is 53.4 Å². The number of benzene rings is 2. The van der Waals surface area contributed by atoms with Gasteiger partial charge in [0.25, 0.3) is 11.8 Å². The molecule has 2 aromatic rings. The molecule has 2 aliphatic rings. The number of fused-ring (bicyclic) bond motifs is 1. The van der Waals surface area contributed by atoms with Crippen LogP contribution < -0.4 is 9.80 Å². The van der Waals surface area contributed by atoms with Gasteiger partial charge < -0.3 is 4.90 Å². The number of anilines is 2. The predicted molar refractivity (Wildman–Crippen MR) is 106 cm³/mol. The Morgan fingerprint density at radius 1 is 1.00 bits per heavy atom. The maximum absolute atomic E-state index is 13.1. The second-order valence-electron chi connectivity index (χ2n) is 5.93. The lowest BCUT2D eigenvalue weighted by Gasteiger charge is -2.15. The number of carbonyl (C=O) groups is 2. The molecule has 2 aliphatic heterocycles. The van der Waals surface area contributed by atoms with Crippen molar-refractivity contribution in [2.45, 2.75) is 6.92 Å². The first kappa shape index (κ1) is 16.1. The number of thioether (sulfide) groups is 1. The number of hydrogen-bond acceptors (Lipinski definition) is 4. The molecule has 0 unspecified atom stereocenters. The molecule has 0 aliphatic carbocycles. The molecule has 0 aromatic heterocycles. The summed E-state index contributed by atoms with van der Waals surface area (Å²) in [6.07, 6.45) is 0. The summed E-state index contributed by atoms with van der Waals surface area (Å²) in [6, 6.07) is 15.1. The second kappa shape index (κ2) is 5.82. The molecule has 0 atom stereocenters. The Kier molecular flexibility index (Phi) is 3.74. The van der Waals surface area contributed by atoms with E-state index in [-0.39, 0.29) is 11.8 Å². The summed E-state index contributed by atoms with van der Waals surface area (Å²) in [5.74, 6) is -0.417. The van der Waals surface area contributed by atoms with Crippen molar-refractivity contribution < 1.29 is 9.59 Å². The SMILES string of the molecule is Cc1cccc(N2C(=O)C(=C3C(=O)N(C)c4ccccc43)SC2=S)c1. The summed E-state index contributed by atoms with van der Waals surface area (Å²) in [7, 11) is 1.72. The Morgan fingerprint density at radius 2 is 1.76 bits per heavy atom. The van der Waals surface area contributed by atoms with E-state index in [1.165, 1.54) is 16.7 Å². The molecule has 0 saturated carbocycles. The molecule has 0 bridgehead atoms. The Morgan fingerprint density at radius 3 is 2.52 bits per heavy atom. The van der Waals surface area contributed by atoms with Gasteiger partial charge in [-0.3, -0.25) is 14.5 Å². The average molecular weight is 366 g/mol. The summed E-state index contributed by atoms with van der Waals surface area (Å²) in [5, 5.41) is 0. The Labute approximate surface area is 155 Å². The molecule has 25 heavy (non-hydrogen) atoms. The van der Waals surface area contributed by atoms with Gasteiger partial charge in [0.2, 0.25) is 0 Å². The monoisotopic (exact) mass is 366 g/mol. The van der Waals surface area contributed by atoms with Crippen molar-refractivity contribution in [3.63, 3.8) is 0 Å². The average Bonchev–Trinajstić information content (AvgIpc) is 3.02. The highest BCUT2D eigenvalue weighted by Crippen LogP contribution is 2.44. The lowest BCUT2D eigenvalue weighted by atomic mass is 10.1. The van der Waals surface area contributed by atoms with E-state index in [0.29, 0.717) is 14.8 Å². The number of amides is 2. The van der Waals surface area contributed by atoms with Crippen LogP contribution in [0.25, 0.3) is 5.57 Å². The number of thiocarbonyl (C=S) groups is 1. The minimum absolute atomic E-state index is 0.175. The van der Waals surface area contributed by atoms with Crippen LogP contribution in [0, 0.1) is 6.92 Å². The normalized spacial score (nSPS) is 19.8. The molecule has 1 fully saturated rings. The van der Waals surface area contributed by atoms with Crippen molar-refractivity contribution in [1.29, 1.82) is 0 Å². The van der Waals surface area contributed by atoms with Crippen molar-refractivity contribution in [3.05, 3.63) is 64.6 Å². The smallest absolute Gasteiger partial charge is 0.271 e. The van der Waals surface area contributed by atoms with Gasteiger partial charge >= 0.3 is 0 Å². The lowest BCUT2D eigenvalue weighted by Crippen LogP contribution is -2.28. The largest absolute Gasteiger partial charge is 0.311 e. The number of hydrogen-bond donors (Lipinski definition) is 0. The summed E-state index contributed by atoms with van der Waals surface area (Å²) >= 11 is 6.62. The molecular weight excluding hydrogens is 352 g/mol. The molecule has 0 N–H and O–H groups in total. The Bertz CT molecular complexity index is 981. The van der Waals surface area contributed by atoms with E-state index in [2.05, 4.69) is 0 Å². The van der Waals surface area contributed by atoms with E-state index in [4.69, 9.17) is 12.2 Å². The van der Waals surface area contributed by atoms with Crippen LogP contribution in [0.4, 0.5) is 11.4 Å². The third kappa shape index (κ3) is 2.41. The van der Waals surface area contributed by atoms with Crippen molar-refractivity contribution in [1.82, 2.24) is 0 Å². The van der Waals surface area contributed by atoms with Crippen LogP contribution in [-0.4, -0.2) is 23.2 Å². The fraction of sp³-hybridized carbons (Fsp3) is 0.105. The highest BCUT2D eigenvalue weighted by atomic mass is 32.2. The highest BCUT2D eigenvalue weighted by Gasteiger charge is 2.41. The molecule has 124 valence electrons. The first-order chi connectivity index (χ1) is 12.0. The Balaban J connectivity index is 1.85. The quantitative estimate of drug-likeness (QED) is 0.569. The Hall–Kier alpha value is -2.44. The minimum Gasteiger partial charge on any atom is -0.311 e. The van der Waals surface area contributed by atoms with E-state index in [1.807, 2.05) is 55.5 Å². The van der Waals surface area contributed by atoms with Crippen molar-refractivity contribution in [3.8, 4) is 0 Å². The maximum Gasteiger partial charge on any atom is 0.271 e. The van der Waals surface area contributed by atoms with Gasteiger partial charge in [-0.25, -0.2) is 0 Å². The topological polar surface area (TPSA) is 40.6 Å². The zero-order chi connectivity index (χ0) is 17.7. The summed E-state index contributed by atoms with van der Waals surface area (Å²) in [6.45, 7) is 1.96. The highest BCUT2D eigenvalue weighted by molar-refractivity contribution is 8.27. The summed E-state index contributed by atoms with van der Waals surface area (Å²) < 4.78 is 0.443. The van der Waals surface area contributed by atoms with Crippen LogP contribution in [0.3, 0.4) is 0 Å². The standard InChI is InChI=1S/C19H14N2O2S2/c1-11-6-5-7-12(10-11)21-18(23)16(25-19(21)24)15-13-8-3-4-9-14(13)20(2)17(15)22/h3-10H,1-2H3. The van der Waals surface area contributed by atoms with Crippen molar-refractivity contribution in [2.75, 3.05) is 16.8 Å². The zero-order valence-corrected chi connectivity index (χ0v) is 15.3. The van der Waals surface area contributed by atoms with Gasteiger partial charge in [-0.1, -0.05) is 54.3 Å². The molecule has 1 saturated heterocycles. The molecule has 2 amide bonds. The van der Waals surface area contributed by atoms with E-state index in [0.717, 1.165) is 22.5 Å². The molecule has 6 heteroatoms. The van der Waals surface area contributed by atoms with Crippen LogP contribution >= 0.6 is 24.0 Å². The molecule has 0 spiro atoms. The van der Waals surface area contributed by atoms with Crippen LogP contribution in [0.2, 0.25) is 0 Å². The lowest BCUT2D eigenvalue weighted by molar-refractivity contribution is -0.115. The van der Waals surface area contributed by atoms with E-state index >= 15 is 0 Å². The van der Waals surface area contributed by atoms with Gasteiger partial charge in [0.05, 0.1) is 21.9 Å². The van der Waals surface area contributed by atoms with E-state index in [9.17, 15) is 9.59 Å². The van der Waals surface area contributed by atoms with Gasteiger partial charge in [-0.05, 0) is 30.7 Å². The van der Waals surface area contributed by atoms with Crippen LogP contribution in [0.5, 0.6) is 0 Å². The second-order valence-corrected chi connectivity index (χ2v) is 7.58. The first-order valence-electron chi connectivity index (χ1n) is 7.73. The van der Waals surface area contributed by atoms with Crippen LogP contribution in [0.1, 0.15) is 11.1 Å². The number of rotatable bonds is 1. The van der Waals surface area contributed by atoms with Gasteiger partial charge in [0, 0.05) is 12.6 Å². The molecule has 4 nitrogen and oxygen atoms in total. The number of carbonyl (C=O) groups excluding carboxylic acids is 2. The fourth-order valence-corrected chi connectivity index (χ4v) is 4.47. The number of nitrogens with zero attached hydrogens (tertiary/aromatic N) is 2.